The number of likely N-dealkylation sites (tertiary alicyclic amines) is 1. The number of methoxy groups -OCH3 is 1. The Labute approximate surface area is 153 Å². The van der Waals surface area contributed by atoms with Gasteiger partial charge in [-0.2, -0.15) is 0 Å². The quantitative estimate of drug-likeness (QED) is 0.699. The molecule has 144 valence electrons. The molecule has 9 nitrogen and oxygen atoms in total. The summed E-state index contributed by atoms with van der Waals surface area (Å²) in [6, 6.07) is 1.83. The number of carbonyl (C=O) groups is 2. The SMILES string of the molecule is CCOC(=O)N1CCC(Nc2cc(C(=O)NCCOC)nc(C)n2)CC1. The second-order valence-corrected chi connectivity index (χ2v) is 6.04. The molecule has 0 aromatic carbocycles. The topological polar surface area (TPSA) is 106 Å². The number of anilines is 1. The van der Waals surface area contributed by atoms with Crippen LogP contribution >= 0.6 is 0 Å². The average molecular weight is 365 g/mol. The summed E-state index contributed by atoms with van der Waals surface area (Å²) in [4.78, 5) is 34.2. The molecular weight excluding hydrogens is 338 g/mol. The predicted molar refractivity (Wildman–Crippen MR) is 96.2 cm³/mol. The van der Waals surface area contributed by atoms with E-state index in [4.69, 9.17) is 9.47 Å². The molecule has 2 rings (SSSR count). The maximum atomic E-state index is 12.2. The summed E-state index contributed by atoms with van der Waals surface area (Å²) in [6.45, 7) is 6.06. The van der Waals surface area contributed by atoms with Crippen molar-refractivity contribution in [2.75, 3.05) is 45.3 Å². The Balaban J connectivity index is 1.91. The Morgan fingerprint density at radius 1 is 1.31 bits per heavy atom. The Kier molecular flexibility index (Phi) is 7.58. The zero-order valence-electron chi connectivity index (χ0n) is 15.6. The first-order valence-electron chi connectivity index (χ1n) is 8.84. The van der Waals surface area contributed by atoms with Crippen molar-refractivity contribution in [2.24, 2.45) is 0 Å². The first-order valence-corrected chi connectivity index (χ1v) is 8.84. The number of hydrogen-bond acceptors (Lipinski definition) is 7. The number of piperidine rings is 1. The van der Waals surface area contributed by atoms with Crippen molar-refractivity contribution in [2.45, 2.75) is 32.7 Å². The second kappa shape index (κ2) is 9.91. The summed E-state index contributed by atoms with van der Waals surface area (Å²) >= 11 is 0. The van der Waals surface area contributed by atoms with Crippen LogP contribution in [0.1, 0.15) is 36.1 Å². The zero-order chi connectivity index (χ0) is 18.9. The van der Waals surface area contributed by atoms with E-state index in [9.17, 15) is 9.59 Å². The van der Waals surface area contributed by atoms with E-state index in [-0.39, 0.29) is 18.0 Å². The number of rotatable bonds is 7. The lowest BCUT2D eigenvalue weighted by molar-refractivity contribution is 0.0930. The van der Waals surface area contributed by atoms with Crippen LogP contribution in [-0.4, -0.2) is 72.9 Å². The first kappa shape index (κ1) is 19.9. The fraction of sp³-hybridized carbons (Fsp3) is 0.647. The van der Waals surface area contributed by atoms with Crippen molar-refractivity contribution in [1.82, 2.24) is 20.2 Å². The smallest absolute Gasteiger partial charge is 0.409 e. The standard InChI is InChI=1S/C17H27N5O4/c1-4-26-17(24)22-8-5-13(6-9-22)21-15-11-14(19-12(2)20-15)16(23)18-7-10-25-3/h11,13H,4-10H2,1-3H3,(H,18,23)(H,19,20,21). The van der Waals surface area contributed by atoms with Gasteiger partial charge in [0.1, 0.15) is 17.3 Å². The predicted octanol–water partition coefficient (Wildman–Crippen LogP) is 1.19. The molecule has 1 aliphatic rings. The van der Waals surface area contributed by atoms with Gasteiger partial charge in [-0.15, -0.1) is 0 Å². The molecule has 0 saturated carbocycles. The molecule has 9 heteroatoms. The van der Waals surface area contributed by atoms with E-state index >= 15 is 0 Å². The van der Waals surface area contributed by atoms with Crippen molar-refractivity contribution in [3.05, 3.63) is 17.6 Å². The molecule has 0 spiro atoms. The fourth-order valence-electron chi connectivity index (χ4n) is 2.75. The molecule has 2 heterocycles. The van der Waals surface area contributed by atoms with E-state index in [2.05, 4.69) is 20.6 Å². The minimum Gasteiger partial charge on any atom is -0.450 e. The van der Waals surface area contributed by atoms with Gasteiger partial charge in [-0.25, -0.2) is 14.8 Å². The number of nitrogens with one attached hydrogen (secondary N) is 2. The van der Waals surface area contributed by atoms with E-state index in [1.165, 1.54) is 0 Å². The summed E-state index contributed by atoms with van der Waals surface area (Å²) < 4.78 is 9.95. The number of aromatic nitrogens is 2. The number of amides is 2. The third-order valence-electron chi connectivity index (χ3n) is 4.04. The highest BCUT2D eigenvalue weighted by Gasteiger charge is 2.24. The molecule has 2 N–H and O–H groups in total. The van der Waals surface area contributed by atoms with Crippen LogP contribution in [0.4, 0.5) is 10.6 Å². The van der Waals surface area contributed by atoms with Gasteiger partial charge in [0, 0.05) is 38.9 Å². The van der Waals surface area contributed by atoms with E-state index in [0.717, 1.165) is 12.8 Å². The number of nitrogens with zero attached hydrogens (tertiary/aromatic N) is 3. The van der Waals surface area contributed by atoms with Crippen LogP contribution in [0.3, 0.4) is 0 Å². The Hall–Kier alpha value is -2.42. The van der Waals surface area contributed by atoms with Gasteiger partial charge in [0.15, 0.2) is 0 Å². The van der Waals surface area contributed by atoms with E-state index in [1.54, 1.807) is 31.9 Å². The molecule has 0 bridgehead atoms. The molecule has 1 aliphatic heterocycles. The number of aryl methyl sites for hydroxylation is 1. The summed E-state index contributed by atoms with van der Waals surface area (Å²) in [5.74, 6) is 0.882. The van der Waals surface area contributed by atoms with Gasteiger partial charge in [0.25, 0.3) is 5.91 Å². The summed E-state index contributed by atoms with van der Waals surface area (Å²) in [6.07, 6.45) is 1.31. The van der Waals surface area contributed by atoms with Gasteiger partial charge < -0.3 is 25.0 Å². The van der Waals surface area contributed by atoms with E-state index in [0.29, 0.717) is 50.2 Å². The van der Waals surface area contributed by atoms with Gasteiger partial charge in [0.2, 0.25) is 0 Å². The molecule has 0 radical (unpaired) electrons. The minimum absolute atomic E-state index is 0.180. The summed E-state index contributed by atoms with van der Waals surface area (Å²) in [5, 5.41) is 6.09. The average Bonchev–Trinajstić information content (AvgIpc) is 2.62. The van der Waals surface area contributed by atoms with Crippen LogP contribution in [0.2, 0.25) is 0 Å². The molecule has 0 atom stereocenters. The summed E-state index contributed by atoms with van der Waals surface area (Å²) in [5.41, 5.74) is 0.320. The molecule has 1 aromatic rings. The van der Waals surface area contributed by atoms with Gasteiger partial charge in [-0.3, -0.25) is 4.79 Å². The van der Waals surface area contributed by atoms with Crippen LogP contribution in [0.25, 0.3) is 0 Å². The van der Waals surface area contributed by atoms with Crippen molar-refractivity contribution in [3.8, 4) is 0 Å². The highest BCUT2D eigenvalue weighted by Crippen LogP contribution is 2.17. The lowest BCUT2D eigenvalue weighted by atomic mass is 10.1. The maximum absolute atomic E-state index is 12.2. The maximum Gasteiger partial charge on any atom is 0.409 e. The fourth-order valence-corrected chi connectivity index (χ4v) is 2.75. The number of ether oxygens (including phenoxy) is 2. The van der Waals surface area contributed by atoms with Gasteiger partial charge in [-0.05, 0) is 26.7 Å². The molecular formula is C17H27N5O4. The second-order valence-electron chi connectivity index (χ2n) is 6.04. The van der Waals surface area contributed by atoms with E-state index in [1.807, 2.05) is 0 Å². The zero-order valence-corrected chi connectivity index (χ0v) is 15.6. The van der Waals surface area contributed by atoms with Crippen LogP contribution < -0.4 is 10.6 Å². The van der Waals surface area contributed by atoms with Crippen molar-refractivity contribution < 1.29 is 19.1 Å². The Bertz CT molecular complexity index is 617. The first-order chi connectivity index (χ1) is 12.5. The van der Waals surface area contributed by atoms with Gasteiger partial charge in [-0.1, -0.05) is 0 Å². The van der Waals surface area contributed by atoms with Crippen LogP contribution in [0, 0.1) is 6.92 Å². The molecule has 1 saturated heterocycles. The van der Waals surface area contributed by atoms with Gasteiger partial charge >= 0.3 is 6.09 Å². The van der Waals surface area contributed by atoms with Crippen molar-refractivity contribution in [3.63, 3.8) is 0 Å². The highest BCUT2D eigenvalue weighted by molar-refractivity contribution is 5.92. The molecule has 26 heavy (non-hydrogen) atoms. The lowest BCUT2D eigenvalue weighted by Crippen LogP contribution is -2.42. The number of hydrogen-bond donors (Lipinski definition) is 2. The third-order valence-corrected chi connectivity index (χ3v) is 4.04. The monoisotopic (exact) mass is 365 g/mol. The molecule has 0 unspecified atom stereocenters. The summed E-state index contributed by atoms with van der Waals surface area (Å²) in [7, 11) is 1.58. The Morgan fingerprint density at radius 3 is 2.69 bits per heavy atom. The number of carbonyl (C=O) groups excluding carboxylic acids is 2. The van der Waals surface area contributed by atoms with Crippen LogP contribution in [0.5, 0.6) is 0 Å². The van der Waals surface area contributed by atoms with Gasteiger partial charge in [0.05, 0.1) is 13.2 Å². The van der Waals surface area contributed by atoms with Crippen LogP contribution in [-0.2, 0) is 9.47 Å². The van der Waals surface area contributed by atoms with Crippen molar-refractivity contribution in [1.29, 1.82) is 0 Å². The van der Waals surface area contributed by atoms with Crippen molar-refractivity contribution >= 4 is 17.8 Å². The van der Waals surface area contributed by atoms with Crippen LogP contribution in [0.15, 0.2) is 6.07 Å². The third kappa shape index (κ3) is 5.83. The normalized spacial score (nSPS) is 14.8. The lowest BCUT2D eigenvalue weighted by Gasteiger charge is -2.31. The molecule has 1 aromatic heterocycles. The largest absolute Gasteiger partial charge is 0.450 e. The Morgan fingerprint density at radius 2 is 2.04 bits per heavy atom. The molecule has 0 aliphatic carbocycles. The van der Waals surface area contributed by atoms with E-state index < -0.39 is 0 Å². The minimum atomic E-state index is -0.265. The molecule has 1 fully saturated rings. The highest BCUT2D eigenvalue weighted by atomic mass is 16.6. The molecule has 2 amide bonds.